The molecule has 0 amide bonds. The molecule has 1 saturated heterocycles. The highest BCUT2D eigenvalue weighted by atomic mass is 32.2. The fraction of sp³-hybridized carbons (Fsp3) is 1.00. The first-order chi connectivity index (χ1) is 7.88. The van der Waals surface area contributed by atoms with Crippen molar-refractivity contribution in [2.75, 3.05) is 26.7 Å². The van der Waals surface area contributed by atoms with Crippen molar-refractivity contribution in [3.05, 3.63) is 0 Å². The third kappa shape index (κ3) is 2.99. The van der Waals surface area contributed by atoms with Crippen molar-refractivity contribution in [1.82, 2.24) is 8.61 Å². The minimum atomic E-state index is -3.36. The quantitative estimate of drug-likeness (QED) is 0.797. The van der Waals surface area contributed by atoms with E-state index in [4.69, 9.17) is 5.73 Å². The van der Waals surface area contributed by atoms with Gasteiger partial charge in [0.15, 0.2) is 0 Å². The molecule has 1 heterocycles. The van der Waals surface area contributed by atoms with Crippen LogP contribution in [0.3, 0.4) is 0 Å². The first-order valence-electron chi connectivity index (χ1n) is 6.32. The Kier molecular flexibility index (Phi) is 4.95. The highest BCUT2D eigenvalue weighted by molar-refractivity contribution is 7.86. The second kappa shape index (κ2) is 5.65. The topological polar surface area (TPSA) is 66.6 Å². The van der Waals surface area contributed by atoms with Crippen molar-refractivity contribution in [2.24, 2.45) is 5.73 Å². The molecular formula is C11H25N3O2S. The van der Waals surface area contributed by atoms with E-state index in [1.165, 1.54) is 4.31 Å². The summed E-state index contributed by atoms with van der Waals surface area (Å²) in [6, 6.07) is 0. The molecule has 0 aromatic rings. The molecule has 0 aromatic heterocycles. The SMILES string of the molecule is CCC(C)(CN)N(C)S(=O)(=O)N1CCCCC1. The summed E-state index contributed by atoms with van der Waals surface area (Å²) in [5, 5.41) is 0. The van der Waals surface area contributed by atoms with Crippen molar-refractivity contribution < 1.29 is 8.42 Å². The van der Waals surface area contributed by atoms with Gasteiger partial charge in [-0.15, -0.1) is 0 Å². The van der Waals surface area contributed by atoms with Crippen LogP contribution in [0.15, 0.2) is 0 Å². The Balaban J connectivity index is 2.88. The molecule has 5 nitrogen and oxygen atoms in total. The van der Waals surface area contributed by atoms with Gasteiger partial charge in [0.2, 0.25) is 0 Å². The van der Waals surface area contributed by atoms with Crippen molar-refractivity contribution in [1.29, 1.82) is 0 Å². The first-order valence-corrected chi connectivity index (χ1v) is 7.72. The van der Waals surface area contributed by atoms with Crippen LogP contribution in [0, 0.1) is 0 Å². The van der Waals surface area contributed by atoms with E-state index in [9.17, 15) is 8.42 Å². The van der Waals surface area contributed by atoms with Crippen LogP contribution >= 0.6 is 0 Å². The van der Waals surface area contributed by atoms with Crippen LogP contribution in [0.2, 0.25) is 0 Å². The van der Waals surface area contributed by atoms with Crippen molar-refractivity contribution in [3.8, 4) is 0 Å². The van der Waals surface area contributed by atoms with Crippen molar-refractivity contribution >= 4 is 10.2 Å². The predicted molar refractivity (Wildman–Crippen MR) is 69.9 cm³/mol. The zero-order valence-electron chi connectivity index (χ0n) is 11.1. The molecule has 0 spiro atoms. The second-order valence-corrected chi connectivity index (χ2v) is 6.95. The maximum Gasteiger partial charge on any atom is 0.282 e. The summed E-state index contributed by atoms with van der Waals surface area (Å²) in [5.41, 5.74) is 5.23. The minimum absolute atomic E-state index is 0.340. The molecule has 0 bridgehead atoms. The highest BCUT2D eigenvalue weighted by Crippen LogP contribution is 2.24. The fourth-order valence-corrected chi connectivity index (χ4v) is 3.87. The molecule has 0 aromatic carbocycles. The Bertz CT molecular complexity index is 333. The van der Waals surface area contributed by atoms with Gasteiger partial charge in [0.05, 0.1) is 0 Å². The van der Waals surface area contributed by atoms with Crippen LogP contribution in [0.4, 0.5) is 0 Å². The van der Waals surface area contributed by atoms with Crippen LogP contribution < -0.4 is 5.73 Å². The summed E-state index contributed by atoms with van der Waals surface area (Å²) >= 11 is 0. The molecule has 1 aliphatic rings. The Morgan fingerprint density at radius 1 is 1.29 bits per heavy atom. The number of likely N-dealkylation sites (N-methyl/N-ethyl adjacent to an activating group) is 1. The van der Waals surface area contributed by atoms with Gasteiger partial charge < -0.3 is 5.73 Å². The van der Waals surface area contributed by atoms with E-state index in [2.05, 4.69) is 0 Å². The van der Waals surface area contributed by atoms with Gasteiger partial charge in [-0.2, -0.15) is 17.0 Å². The number of piperidine rings is 1. The van der Waals surface area contributed by atoms with Crippen LogP contribution in [0.25, 0.3) is 0 Å². The standard InChI is InChI=1S/C11H25N3O2S/c1-4-11(2,10-12)13(3)17(15,16)14-8-6-5-7-9-14/h4-10,12H2,1-3H3. The predicted octanol–water partition coefficient (Wildman–Crippen LogP) is 0.776. The van der Waals surface area contributed by atoms with Crippen molar-refractivity contribution in [3.63, 3.8) is 0 Å². The lowest BCUT2D eigenvalue weighted by molar-refractivity contribution is 0.214. The molecule has 6 heteroatoms. The van der Waals surface area contributed by atoms with Gasteiger partial charge in [-0.1, -0.05) is 13.3 Å². The lowest BCUT2D eigenvalue weighted by Crippen LogP contribution is -2.56. The monoisotopic (exact) mass is 263 g/mol. The van der Waals surface area contributed by atoms with Crippen LogP contribution in [0.1, 0.15) is 39.5 Å². The van der Waals surface area contributed by atoms with Crippen LogP contribution in [0.5, 0.6) is 0 Å². The van der Waals surface area contributed by atoms with Gasteiger partial charge in [0.1, 0.15) is 0 Å². The lowest BCUT2D eigenvalue weighted by Gasteiger charge is -2.40. The summed E-state index contributed by atoms with van der Waals surface area (Å²) < 4.78 is 27.9. The fourth-order valence-electron chi connectivity index (χ4n) is 2.04. The zero-order chi connectivity index (χ0) is 13.1. The molecule has 1 atom stereocenters. The lowest BCUT2D eigenvalue weighted by atomic mass is 10.00. The molecule has 102 valence electrons. The average Bonchev–Trinajstić information content (AvgIpc) is 2.38. The molecule has 1 fully saturated rings. The van der Waals surface area contributed by atoms with Gasteiger partial charge in [-0.3, -0.25) is 0 Å². The summed E-state index contributed by atoms with van der Waals surface area (Å²) in [5.74, 6) is 0. The van der Waals surface area contributed by atoms with Gasteiger partial charge in [-0.25, -0.2) is 0 Å². The Hall–Kier alpha value is -0.170. The molecule has 0 aliphatic carbocycles. The van der Waals surface area contributed by atoms with Crippen molar-refractivity contribution in [2.45, 2.75) is 45.1 Å². The third-order valence-electron chi connectivity index (χ3n) is 3.95. The van der Waals surface area contributed by atoms with E-state index in [-0.39, 0.29) is 0 Å². The maximum atomic E-state index is 12.4. The maximum absolute atomic E-state index is 12.4. The van der Waals surface area contributed by atoms with E-state index >= 15 is 0 Å². The third-order valence-corrected chi connectivity index (χ3v) is 6.10. The van der Waals surface area contributed by atoms with Crippen LogP contribution in [-0.2, 0) is 10.2 Å². The molecule has 1 rings (SSSR count). The van der Waals surface area contributed by atoms with Gasteiger partial charge in [0, 0.05) is 32.2 Å². The molecule has 1 aliphatic heterocycles. The number of hydrogen-bond donors (Lipinski definition) is 1. The molecule has 0 saturated carbocycles. The Morgan fingerprint density at radius 2 is 1.82 bits per heavy atom. The van der Waals surface area contributed by atoms with E-state index in [1.807, 2.05) is 13.8 Å². The average molecular weight is 263 g/mol. The first kappa shape index (κ1) is 14.9. The number of nitrogens with zero attached hydrogens (tertiary/aromatic N) is 2. The van der Waals surface area contributed by atoms with E-state index in [1.54, 1.807) is 11.4 Å². The molecule has 1 unspecified atom stereocenters. The normalized spacial score (nSPS) is 22.6. The second-order valence-electron chi connectivity index (χ2n) is 4.99. The van der Waals surface area contributed by atoms with E-state index < -0.39 is 15.7 Å². The highest BCUT2D eigenvalue weighted by Gasteiger charge is 2.38. The number of rotatable bonds is 5. The number of hydrogen-bond acceptors (Lipinski definition) is 3. The Labute approximate surface area is 105 Å². The zero-order valence-corrected chi connectivity index (χ0v) is 12.0. The smallest absolute Gasteiger partial charge is 0.282 e. The largest absolute Gasteiger partial charge is 0.329 e. The Morgan fingerprint density at radius 3 is 2.24 bits per heavy atom. The molecule has 0 radical (unpaired) electrons. The van der Waals surface area contributed by atoms with Crippen LogP contribution in [-0.4, -0.2) is 49.2 Å². The van der Waals surface area contributed by atoms with Gasteiger partial charge in [0.25, 0.3) is 10.2 Å². The van der Waals surface area contributed by atoms with Gasteiger partial charge >= 0.3 is 0 Å². The molecule has 2 N–H and O–H groups in total. The minimum Gasteiger partial charge on any atom is -0.329 e. The van der Waals surface area contributed by atoms with E-state index in [0.717, 1.165) is 19.3 Å². The summed E-state index contributed by atoms with van der Waals surface area (Å²) in [7, 11) is -1.72. The summed E-state index contributed by atoms with van der Waals surface area (Å²) in [4.78, 5) is 0. The van der Waals surface area contributed by atoms with Gasteiger partial charge in [-0.05, 0) is 26.2 Å². The summed E-state index contributed by atoms with van der Waals surface area (Å²) in [6.07, 6.45) is 3.75. The molecule has 17 heavy (non-hydrogen) atoms. The number of nitrogens with two attached hydrogens (primary N) is 1. The van der Waals surface area contributed by atoms with E-state index in [0.29, 0.717) is 26.1 Å². The molecular weight excluding hydrogens is 238 g/mol. The summed E-state index contributed by atoms with van der Waals surface area (Å²) in [6.45, 7) is 5.48.